The summed E-state index contributed by atoms with van der Waals surface area (Å²) in [6, 6.07) is 4.06. The Bertz CT molecular complexity index is 835. The Morgan fingerprint density at radius 2 is 1.76 bits per heavy atom. The minimum Gasteiger partial charge on any atom is -0.359 e. The highest BCUT2D eigenvalue weighted by Gasteiger charge is 2.76. The number of amides is 2. The number of imide groups is 1. The van der Waals surface area contributed by atoms with Gasteiger partial charge >= 0.3 is 6.18 Å². The fraction of sp³-hybridized carbons (Fsp3) is 0.471. The Labute approximate surface area is 140 Å². The van der Waals surface area contributed by atoms with Crippen molar-refractivity contribution in [1.29, 1.82) is 0 Å². The van der Waals surface area contributed by atoms with E-state index >= 15 is 0 Å². The lowest BCUT2D eigenvalue weighted by molar-refractivity contribution is -0.140. The van der Waals surface area contributed by atoms with Crippen molar-refractivity contribution < 1.29 is 32.3 Å². The molecule has 5 nitrogen and oxygen atoms in total. The van der Waals surface area contributed by atoms with Crippen molar-refractivity contribution in [2.75, 3.05) is 4.90 Å². The lowest BCUT2D eigenvalue weighted by Crippen LogP contribution is -2.46. The predicted molar refractivity (Wildman–Crippen MR) is 78.4 cm³/mol. The number of rotatable bonds is 1. The smallest absolute Gasteiger partial charge is 0.359 e. The van der Waals surface area contributed by atoms with E-state index in [1.807, 2.05) is 0 Å². The van der Waals surface area contributed by atoms with Crippen molar-refractivity contribution in [3.05, 3.63) is 29.8 Å². The fourth-order valence-corrected chi connectivity index (χ4v) is 4.40. The van der Waals surface area contributed by atoms with Crippen molar-refractivity contribution in [3.63, 3.8) is 0 Å². The summed E-state index contributed by atoms with van der Waals surface area (Å²) in [5, 5.41) is 0. The molecule has 3 heterocycles. The van der Waals surface area contributed by atoms with Crippen LogP contribution in [-0.2, 0) is 25.3 Å². The topological polar surface area (TPSA) is 63.7 Å². The van der Waals surface area contributed by atoms with Gasteiger partial charge in [-0.1, -0.05) is 6.07 Å². The van der Waals surface area contributed by atoms with Gasteiger partial charge in [-0.25, -0.2) is 4.90 Å². The number of halogens is 3. The molecule has 3 aliphatic heterocycles. The second kappa shape index (κ2) is 4.49. The van der Waals surface area contributed by atoms with Crippen LogP contribution in [-0.4, -0.2) is 28.8 Å². The molecule has 0 aliphatic carbocycles. The highest BCUT2D eigenvalue weighted by atomic mass is 19.4. The quantitative estimate of drug-likeness (QED) is 0.727. The van der Waals surface area contributed by atoms with E-state index in [0.29, 0.717) is 0 Å². The van der Waals surface area contributed by atoms with Crippen LogP contribution in [0.4, 0.5) is 18.9 Å². The predicted octanol–water partition coefficient (Wildman–Crippen LogP) is 2.33. The Kier molecular flexibility index (Phi) is 2.92. The first-order valence-corrected chi connectivity index (χ1v) is 7.77. The fourth-order valence-electron chi connectivity index (χ4n) is 4.40. The number of nitrogens with zero attached hydrogens (tertiary/aromatic N) is 1. The van der Waals surface area contributed by atoms with Gasteiger partial charge < -0.3 is 4.74 Å². The maximum atomic E-state index is 12.9. The van der Waals surface area contributed by atoms with Crippen LogP contribution < -0.4 is 4.90 Å². The van der Waals surface area contributed by atoms with E-state index in [4.69, 9.17) is 4.74 Å². The molecule has 3 aliphatic rings. The number of benzene rings is 1. The summed E-state index contributed by atoms with van der Waals surface area (Å²) in [5.41, 5.74) is -3.59. The molecule has 1 aromatic rings. The number of carbonyl (C=O) groups is 3. The molecule has 2 amide bonds. The van der Waals surface area contributed by atoms with Crippen molar-refractivity contribution in [3.8, 4) is 0 Å². The molecule has 8 heteroatoms. The lowest BCUT2D eigenvalue weighted by atomic mass is 9.68. The standard InChI is InChI=1S/C17H14F3NO4/c1-15-7-10(22)16(2,25-15)12-11(15)13(23)21(14(12)24)9-5-3-4-8(6-9)17(18,19)20/h3-6,11-12H,7H2,1-2H3. The van der Waals surface area contributed by atoms with Gasteiger partial charge in [-0.05, 0) is 32.0 Å². The number of ether oxygens (including phenoxy) is 1. The molecule has 0 spiro atoms. The third-order valence-electron chi connectivity index (χ3n) is 5.50. The molecule has 132 valence electrons. The highest BCUT2D eigenvalue weighted by Crippen LogP contribution is 2.59. The van der Waals surface area contributed by atoms with Gasteiger partial charge in [0, 0.05) is 6.42 Å². The number of carbonyl (C=O) groups excluding carboxylic acids is 3. The third kappa shape index (κ3) is 1.91. The van der Waals surface area contributed by atoms with Crippen molar-refractivity contribution in [2.45, 2.75) is 37.6 Å². The second-order valence-corrected chi connectivity index (χ2v) is 7.14. The van der Waals surface area contributed by atoms with E-state index in [1.54, 1.807) is 6.92 Å². The minimum atomic E-state index is -4.59. The zero-order valence-electron chi connectivity index (χ0n) is 13.4. The first-order chi connectivity index (χ1) is 11.5. The molecular weight excluding hydrogens is 339 g/mol. The minimum absolute atomic E-state index is 0.0140. The van der Waals surface area contributed by atoms with E-state index < -0.39 is 46.6 Å². The second-order valence-electron chi connectivity index (χ2n) is 7.14. The van der Waals surface area contributed by atoms with Gasteiger partial charge in [0.15, 0.2) is 5.78 Å². The summed E-state index contributed by atoms with van der Waals surface area (Å²) in [7, 11) is 0. The SMILES string of the molecule is CC12CC(=O)C(C)(O1)C1C(=O)N(c3cccc(C(F)(F)F)c3)C(=O)C12. The largest absolute Gasteiger partial charge is 0.416 e. The Balaban J connectivity index is 1.79. The number of ketones is 1. The number of hydrogen-bond acceptors (Lipinski definition) is 4. The highest BCUT2D eigenvalue weighted by molar-refractivity contribution is 6.25. The third-order valence-corrected chi connectivity index (χ3v) is 5.50. The molecule has 3 saturated heterocycles. The van der Waals surface area contributed by atoms with E-state index in [-0.39, 0.29) is 17.9 Å². The summed E-state index contributed by atoms with van der Waals surface area (Å²) in [6.07, 6.45) is -4.58. The van der Waals surface area contributed by atoms with E-state index in [2.05, 4.69) is 0 Å². The molecule has 0 N–H and O–H groups in total. The maximum absolute atomic E-state index is 12.9. The maximum Gasteiger partial charge on any atom is 0.416 e. The molecule has 1 aromatic carbocycles. The van der Waals surface area contributed by atoms with Gasteiger partial charge in [0.05, 0.1) is 28.7 Å². The van der Waals surface area contributed by atoms with Crippen LogP contribution in [0.15, 0.2) is 24.3 Å². The first kappa shape index (κ1) is 16.3. The Morgan fingerprint density at radius 1 is 1.12 bits per heavy atom. The van der Waals surface area contributed by atoms with Crippen LogP contribution in [0, 0.1) is 11.8 Å². The number of anilines is 1. The molecular formula is C17H14F3NO4. The molecule has 4 atom stereocenters. The van der Waals surface area contributed by atoms with Gasteiger partial charge in [0.2, 0.25) is 11.8 Å². The number of Topliss-reactive ketones (excluding diaryl/α,β-unsaturated/α-hetero) is 1. The van der Waals surface area contributed by atoms with Crippen LogP contribution >= 0.6 is 0 Å². The summed E-state index contributed by atoms with van der Waals surface area (Å²) in [5.74, 6) is -3.43. The molecule has 3 fully saturated rings. The molecule has 0 saturated carbocycles. The van der Waals surface area contributed by atoms with Gasteiger partial charge in [-0.3, -0.25) is 14.4 Å². The lowest BCUT2D eigenvalue weighted by Gasteiger charge is -2.26. The zero-order chi connectivity index (χ0) is 18.4. The van der Waals surface area contributed by atoms with Gasteiger partial charge in [-0.15, -0.1) is 0 Å². The van der Waals surface area contributed by atoms with Gasteiger partial charge in [0.25, 0.3) is 0 Å². The monoisotopic (exact) mass is 353 g/mol. The Morgan fingerprint density at radius 3 is 2.40 bits per heavy atom. The normalized spacial score (nSPS) is 37.2. The van der Waals surface area contributed by atoms with Crippen LogP contribution in [0.1, 0.15) is 25.8 Å². The van der Waals surface area contributed by atoms with E-state index in [1.165, 1.54) is 13.0 Å². The number of alkyl halides is 3. The van der Waals surface area contributed by atoms with Gasteiger partial charge in [-0.2, -0.15) is 13.2 Å². The van der Waals surface area contributed by atoms with Crippen LogP contribution in [0.25, 0.3) is 0 Å². The summed E-state index contributed by atoms with van der Waals surface area (Å²) >= 11 is 0. The number of fused-ring (bicyclic) bond motifs is 5. The molecule has 4 unspecified atom stereocenters. The van der Waals surface area contributed by atoms with Crippen molar-refractivity contribution >= 4 is 23.3 Å². The number of hydrogen-bond donors (Lipinski definition) is 0. The van der Waals surface area contributed by atoms with Crippen LogP contribution in [0.3, 0.4) is 0 Å². The van der Waals surface area contributed by atoms with E-state index in [9.17, 15) is 27.6 Å². The molecule has 0 aromatic heterocycles. The first-order valence-electron chi connectivity index (χ1n) is 7.77. The molecule has 4 rings (SSSR count). The average molecular weight is 353 g/mol. The summed E-state index contributed by atoms with van der Waals surface area (Å²) in [6.45, 7) is 3.08. The van der Waals surface area contributed by atoms with Gasteiger partial charge in [0.1, 0.15) is 5.60 Å². The van der Waals surface area contributed by atoms with Crippen molar-refractivity contribution in [2.24, 2.45) is 11.8 Å². The van der Waals surface area contributed by atoms with E-state index in [0.717, 1.165) is 23.1 Å². The van der Waals surface area contributed by atoms with Crippen LogP contribution in [0.5, 0.6) is 0 Å². The van der Waals surface area contributed by atoms with Crippen LogP contribution in [0.2, 0.25) is 0 Å². The average Bonchev–Trinajstić information content (AvgIpc) is 3.00. The Hall–Kier alpha value is -2.22. The molecule has 2 bridgehead atoms. The molecule has 0 radical (unpaired) electrons. The zero-order valence-corrected chi connectivity index (χ0v) is 13.4. The summed E-state index contributed by atoms with van der Waals surface area (Å²) in [4.78, 5) is 38.7. The molecule has 25 heavy (non-hydrogen) atoms. The van der Waals surface area contributed by atoms with Crippen molar-refractivity contribution in [1.82, 2.24) is 0 Å². The summed E-state index contributed by atoms with van der Waals surface area (Å²) < 4.78 is 44.5.